The molecule has 0 aromatic carbocycles. The fraction of sp³-hybridized carbons (Fsp3) is 0.800. The molecule has 2 bridgehead atoms. The minimum absolute atomic E-state index is 0.0192. The van der Waals surface area contributed by atoms with Crippen LogP contribution >= 0.6 is 15.9 Å². The first kappa shape index (κ1) is 10.1. The summed E-state index contributed by atoms with van der Waals surface area (Å²) in [4.78, 5) is 12.2. The van der Waals surface area contributed by atoms with Gasteiger partial charge in [0, 0.05) is 16.2 Å². The third kappa shape index (κ3) is 0.835. The highest BCUT2D eigenvalue weighted by Crippen LogP contribution is 2.64. The van der Waals surface area contributed by atoms with Gasteiger partial charge in [0.25, 0.3) is 0 Å². The van der Waals surface area contributed by atoms with E-state index < -0.39 is 0 Å². The van der Waals surface area contributed by atoms with Gasteiger partial charge in [0.2, 0.25) is 0 Å². The summed E-state index contributed by atoms with van der Waals surface area (Å²) in [5.74, 6) is 0.0655. The lowest BCUT2D eigenvalue weighted by Gasteiger charge is -2.31. The lowest BCUT2D eigenvalue weighted by atomic mass is 9.70. The number of carbonyl (C=O) groups excluding carboxylic acids is 1. The Hall–Kier alpha value is -0.380. The van der Waals surface area contributed by atoms with Crippen molar-refractivity contribution in [2.24, 2.45) is 21.9 Å². The van der Waals surface area contributed by atoms with Crippen LogP contribution in [0.2, 0.25) is 0 Å². The third-order valence-corrected chi connectivity index (χ3v) is 5.15. The van der Waals surface area contributed by atoms with Gasteiger partial charge >= 0.3 is 0 Å². The number of halogens is 1. The predicted molar refractivity (Wildman–Crippen MR) is 56.9 cm³/mol. The molecule has 0 spiro atoms. The zero-order valence-corrected chi connectivity index (χ0v) is 10.1. The molecule has 0 amide bonds. The van der Waals surface area contributed by atoms with Crippen LogP contribution in [0.1, 0.15) is 27.2 Å². The van der Waals surface area contributed by atoms with Gasteiger partial charge in [-0.3, -0.25) is 4.79 Å². The summed E-state index contributed by atoms with van der Waals surface area (Å²) in [5, 5.41) is 12.0. The van der Waals surface area contributed by atoms with Crippen molar-refractivity contribution in [1.82, 2.24) is 0 Å². The number of hydrogen-bond acceptors (Lipinski definition) is 3. The molecule has 2 fully saturated rings. The van der Waals surface area contributed by atoms with Gasteiger partial charge in [-0.1, -0.05) is 41.9 Å². The number of fused-ring (bicyclic) bond motifs is 2. The minimum atomic E-state index is -0.368. The van der Waals surface area contributed by atoms with Gasteiger partial charge in [0.15, 0.2) is 5.78 Å². The molecular weight excluding hydrogens is 246 g/mol. The van der Waals surface area contributed by atoms with Crippen LogP contribution in [-0.4, -0.2) is 21.5 Å². The van der Waals surface area contributed by atoms with Crippen LogP contribution in [-0.2, 0) is 4.79 Å². The van der Waals surface area contributed by atoms with Gasteiger partial charge in [0.1, 0.15) is 5.71 Å². The van der Waals surface area contributed by atoms with Gasteiger partial charge in [-0.25, -0.2) is 0 Å². The van der Waals surface area contributed by atoms with Crippen molar-refractivity contribution in [3.8, 4) is 0 Å². The van der Waals surface area contributed by atoms with Crippen molar-refractivity contribution in [1.29, 1.82) is 0 Å². The number of Topliss-reactive ketones (excluding diaryl/α,β-unsaturated/α-hetero) is 1. The van der Waals surface area contributed by atoms with Crippen molar-refractivity contribution < 1.29 is 10.0 Å². The SMILES string of the molecule is CC12CC(Br)C(/C(=N/O)C1=O)C2(C)C. The van der Waals surface area contributed by atoms with E-state index in [0.29, 0.717) is 5.71 Å². The monoisotopic (exact) mass is 259 g/mol. The van der Waals surface area contributed by atoms with Crippen molar-refractivity contribution in [2.75, 3.05) is 0 Å². The molecule has 0 aromatic heterocycles. The lowest BCUT2D eigenvalue weighted by Crippen LogP contribution is -2.35. The standard InChI is InChI=1S/C10H14BrNO2/c1-9(2)6-5(11)4-10(9,3)8(13)7(6)12-14/h5-6,14H,4H2,1-3H3/b12-7-. The molecule has 2 saturated carbocycles. The van der Waals surface area contributed by atoms with Crippen LogP contribution < -0.4 is 0 Å². The number of hydrogen-bond donors (Lipinski definition) is 1. The van der Waals surface area contributed by atoms with E-state index in [1.54, 1.807) is 0 Å². The van der Waals surface area contributed by atoms with Gasteiger partial charge in [-0.05, 0) is 11.8 Å². The molecule has 3 atom stereocenters. The average molecular weight is 260 g/mol. The summed E-state index contributed by atoms with van der Waals surface area (Å²) in [6.45, 7) is 6.13. The second-order valence-electron chi connectivity index (χ2n) is 5.07. The fourth-order valence-corrected chi connectivity index (χ4v) is 4.55. The molecule has 0 aliphatic heterocycles. The number of oxime groups is 1. The van der Waals surface area contributed by atoms with E-state index in [9.17, 15) is 4.79 Å². The van der Waals surface area contributed by atoms with Crippen LogP contribution in [0.25, 0.3) is 0 Å². The van der Waals surface area contributed by atoms with E-state index >= 15 is 0 Å². The maximum atomic E-state index is 12.0. The molecule has 4 heteroatoms. The Morgan fingerprint density at radius 2 is 2.07 bits per heavy atom. The molecule has 2 rings (SSSR count). The fourth-order valence-electron chi connectivity index (χ4n) is 3.00. The molecule has 3 nitrogen and oxygen atoms in total. The van der Waals surface area contributed by atoms with Crippen LogP contribution in [0.15, 0.2) is 5.16 Å². The van der Waals surface area contributed by atoms with Crippen LogP contribution in [0, 0.1) is 16.7 Å². The van der Waals surface area contributed by atoms with Crippen molar-refractivity contribution in [3.63, 3.8) is 0 Å². The molecule has 0 aromatic rings. The quantitative estimate of drug-likeness (QED) is 0.412. The van der Waals surface area contributed by atoms with E-state index in [2.05, 4.69) is 34.9 Å². The predicted octanol–water partition coefficient (Wildman–Crippen LogP) is 2.22. The Bertz CT molecular complexity index is 337. The number of alkyl halides is 1. The first-order valence-electron chi connectivity index (χ1n) is 4.77. The second-order valence-corrected chi connectivity index (χ2v) is 6.24. The summed E-state index contributed by atoms with van der Waals surface area (Å²) < 4.78 is 0. The molecule has 2 aliphatic rings. The number of nitrogens with zero attached hydrogens (tertiary/aromatic N) is 1. The normalized spacial score (nSPS) is 47.7. The molecule has 2 aliphatic carbocycles. The molecule has 1 N–H and O–H groups in total. The molecule has 14 heavy (non-hydrogen) atoms. The topological polar surface area (TPSA) is 49.7 Å². The number of ketones is 1. The zero-order valence-electron chi connectivity index (χ0n) is 8.54. The van der Waals surface area contributed by atoms with Crippen molar-refractivity contribution in [3.05, 3.63) is 0 Å². The Morgan fingerprint density at radius 3 is 2.43 bits per heavy atom. The summed E-state index contributed by atoms with van der Waals surface area (Å²) in [7, 11) is 0. The Morgan fingerprint density at radius 1 is 1.50 bits per heavy atom. The number of carbonyl (C=O) groups is 1. The van der Waals surface area contributed by atoms with E-state index in [0.717, 1.165) is 6.42 Å². The lowest BCUT2D eigenvalue weighted by molar-refractivity contribution is -0.123. The van der Waals surface area contributed by atoms with Gasteiger partial charge in [-0.2, -0.15) is 0 Å². The van der Waals surface area contributed by atoms with Crippen molar-refractivity contribution in [2.45, 2.75) is 32.0 Å². The first-order chi connectivity index (χ1) is 6.36. The Balaban J connectivity index is 2.60. The van der Waals surface area contributed by atoms with E-state index in [4.69, 9.17) is 5.21 Å². The summed E-state index contributed by atoms with van der Waals surface area (Å²) in [6.07, 6.45) is 0.836. The molecule has 0 saturated heterocycles. The van der Waals surface area contributed by atoms with E-state index in [1.807, 2.05) is 6.92 Å². The van der Waals surface area contributed by atoms with E-state index in [1.165, 1.54) is 0 Å². The molecule has 0 heterocycles. The zero-order chi connectivity index (χ0) is 10.7. The summed E-state index contributed by atoms with van der Waals surface area (Å²) in [6, 6.07) is 0. The third-order valence-electron chi connectivity index (χ3n) is 4.30. The molecule has 0 radical (unpaired) electrons. The van der Waals surface area contributed by atoms with E-state index in [-0.39, 0.29) is 27.4 Å². The Kier molecular flexibility index (Phi) is 1.88. The molecular formula is C10H14BrNO2. The van der Waals surface area contributed by atoms with Gasteiger partial charge in [0.05, 0.1) is 0 Å². The molecule has 3 unspecified atom stereocenters. The largest absolute Gasteiger partial charge is 0.411 e. The Labute approximate surface area is 91.7 Å². The van der Waals surface area contributed by atoms with Crippen LogP contribution in [0.4, 0.5) is 0 Å². The summed E-state index contributed by atoms with van der Waals surface area (Å²) in [5.41, 5.74) is -0.127. The van der Waals surface area contributed by atoms with Crippen molar-refractivity contribution >= 4 is 27.4 Å². The van der Waals surface area contributed by atoms with Gasteiger partial charge in [-0.15, -0.1) is 0 Å². The smallest absolute Gasteiger partial charge is 0.187 e. The van der Waals surface area contributed by atoms with Gasteiger partial charge < -0.3 is 5.21 Å². The average Bonchev–Trinajstić information content (AvgIpc) is 2.33. The summed E-state index contributed by atoms with van der Waals surface area (Å²) >= 11 is 3.57. The highest BCUT2D eigenvalue weighted by Gasteiger charge is 2.68. The first-order valence-corrected chi connectivity index (χ1v) is 5.68. The highest BCUT2D eigenvalue weighted by molar-refractivity contribution is 9.09. The maximum absolute atomic E-state index is 12.0. The molecule has 78 valence electrons. The number of rotatable bonds is 0. The van der Waals surface area contributed by atoms with Crippen LogP contribution in [0.3, 0.4) is 0 Å². The maximum Gasteiger partial charge on any atom is 0.187 e. The van der Waals surface area contributed by atoms with Crippen LogP contribution in [0.5, 0.6) is 0 Å². The minimum Gasteiger partial charge on any atom is -0.411 e. The highest BCUT2D eigenvalue weighted by atomic mass is 79.9. The second kappa shape index (κ2) is 2.60.